The summed E-state index contributed by atoms with van der Waals surface area (Å²) >= 11 is 5.49. The van der Waals surface area contributed by atoms with Crippen molar-refractivity contribution in [3.05, 3.63) is 72.9 Å². The van der Waals surface area contributed by atoms with Crippen molar-refractivity contribution in [1.29, 1.82) is 0 Å². The van der Waals surface area contributed by atoms with E-state index in [0.717, 1.165) is 21.2 Å². The number of aryl methyl sites for hydroxylation is 1. The van der Waals surface area contributed by atoms with Crippen LogP contribution in [0.1, 0.15) is 50.8 Å². The molecule has 5 rings (SSSR count). The Kier molecular flexibility index (Phi) is 7.41. The molecule has 2 amide bonds. The highest BCUT2D eigenvalue weighted by Gasteiger charge is 2.37. The Hall–Kier alpha value is -3.41. The fourth-order valence-electron chi connectivity index (χ4n) is 3.69. The number of carbonyl (C=O) groups excluding carboxylic acids is 2. The molecule has 1 aromatic carbocycles. The molecule has 0 aliphatic heterocycles. The van der Waals surface area contributed by atoms with Gasteiger partial charge in [0.25, 0.3) is 17.6 Å². The monoisotopic (exact) mass is 715 g/mol. The van der Waals surface area contributed by atoms with Gasteiger partial charge < -0.3 is 10.6 Å². The molecule has 3 aromatic heterocycles. The Labute approximate surface area is 240 Å². The summed E-state index contributed by atoms with van der Waals surface area (Å²) in [6.45, 7) is 1.48. The Bertz CT molecular complexity index is 1580. The second-order valence-electron chi connectivity index (χ2n) is 8.73. The number of nitrogens with one attached hydrogen (secondary N) is 2. The van der Waals surface area contributed by atoms with Gasteiger partial charge in [0.1, 0.15) is 12.2 Å². The molecule has 0 spiro atoms. The average molecular weight is 716 g/mol. The fraction of sp³-hybridized carbons (Fsp3) is 0.261. The normalized spacial score (nSPS) is 13.4. The lowest BCUT2D eigenvalue weighted by Gasteiger charge is -2.15. The summed E-state index contributed by atoms with van der Waals surface area (Å²) in [5.74, 6) is -2.03. The van der Waals surface area contributed by atoms with Crippen LogP contribution in [0.5, 0.6) is 0 Å². The number of alkyl halides is 3. The smallest absolute Gasteiger partial charge is 0.349 e. The van der Waals surface area contributed by atoms with Crippen molar-refractivity contribution < 1.29 is 22.8 Å². The SMILES string of the molecule is Cc1cc(I)cc(C(=O)NC2CC2)c1NC(=O)c1cc(Cn2nnc(C(F)(F)F)n2)nn1-c1ncccc1Br. The molecule has 202 valence electrons. The van der Waals surface area contributed by atoms with Gasteiger partial charge in [-0.3, -0.25) is 9.59 Å². The van der Waals surface area contributed by atoms with Crippen LogP contribution in [0.3, 0.4) is 0 Å². The van der Waals surface area contributed by atoms with Crippen molar-refractivity contribution in [2.24, 2.45) is 0 Å². The number of aromatic nitrogens is 7. The predicted molar refractivity (Wildman–Crippen MR) is 143 cm³/mol. The molecule has 4 aromatic rings. The van der Waals surface area contributed by atoms with Crippen molar-refractivity contribution in [2.45, 2.75) is 38.5 Å². The number of pyridine rings is 1. The first-order chi connectivity index (χ1) is 18.5. The molecule has 39 heavy (non-hydrogen) atoms. The minimum absolute atomic E-state index is 0.0204. The lowest BCUT2D eigenvalue weighted by atomic mass is 10.1. The van der Waals surface area contributed by atoms with Crippen LogP contribution in [0.2, 0.25) is 0 Å². The van der Waals surface area contributed by atoms with Crippen LogP contribution in [0.15, 0.2) is 41.0 Å². The summed E-state index contributed by atoms with van der Waals surface area (Å²) < 4.78 is 41.3. The van der Waals surface area contributed by atoms with E-state index in [1.165, 1.54) is 16.9 Å². The molecule has 3 heterocycles. The van der Waals surface area contributed by atoms with E-state index in [1.54, 1.807) is 25.1 Å². The standard InChI is InChI=1S/C23H18BrF3IN9O2/c1-11-7-12(28)8-15(20(38)30-13-4-5-13)18(11)31-21(39)17-9-14(10-36-34-22(32-35-36)23(25,26)27)33-37(17)19-16(24)3-2-6-29-19/h2-3,6-9,13H,4-5,10H2,1H3,(H,30,38)(H,31,39). The van der Waals surface area contributed by atoms with E-state index in [-0.39, 0.29) is 35.7 Å². The largest absolute Gasteiger partial charge is 0.455 e. The number of anilines is 1. The Morgan fingerprint density at radius 3 is 2.62 bits per heavy atom. The Morgan fingerprint density at radius 2 is 1.95 bits per heavy atom. The molecule has 2 N–H and O–H groups in total. The van der Waals surface area contributed by atoms with E-state index in [0.29, 0.717) is 21.3 Å². The van der Waals surface area contributed by atoms with Crippen LogP contribution >= 0.6 is 38.5 Å². The molecule has 1 fully saturated rings. The lowest BCUT2D eigenvalue weighted by molar-refractivity contribution is -0.145. The highest BCUT2D eigenvalue weighted by Crippen LogP contribution is 2.28. The van der Waals surface area contributed by atoms with Crippen LogP contribution in [0, 0.1) is 10.5 Å². The maximum Gasteiger partial charge on any atom is 0.455 e. The van der Waals surface area contributed by atoms with E-state index in [9.17, 15) is 22.8 Å². The third-order valence-electron chi connectivity index (χ3n) is 5.64. The van der Waals surface area contributed by atoms with Gasteiger partial charge >= 0.3 is 6.18 Å². The molecule has 0 atom stereocenters. The van der Waals surface area contributed by atoms with Crippen LogP contribution < -0.4 is 10.6 Å². The predicted octanol–water partition coefficient (Wildman–Crippen LogP) is 4.14. The molecule has 1 saturated carbocycles. The maximum atomic E-state index is 13.6. The molecular formula is C23H18BrF3IN9O2. The molecule has 0 bridgehead atoms. The quantitative estimate of drug-likeness (QED) is 0.275. The fourth-order valence-corrected chi connectivity index (χ4v) is 4.89. The van der Waals surface area contributed by atoms with Gasteiger partial charge in [-0.25, -0.2) is 9.67 Å². The minimum Gasteiger partial charge on any atom is -0.349 e. The zero-order valence-corrected chi connectivity index (χ0v) is 23.7. The highest BCUT2D eigenvalue weighted by molar-refractivity contribution is 14.1. The first-order valence-electron chi connectivity index (χ1n) is 11.5. The summed E-state index contributed by atoms with van der Waals surface area (Å²) in [5, 5.41) is 20.0. The molecule has 0 radical (unpaired) electrons. The first-order valence-corrected chi connectivity index (χ1v) is 13.3. The number of hydrogen-bond acceptors (Lipinski definition) is 7. The number of benzene rings is 1. The van der Waals surface area contributed by atoms with Crippen LogP contribution in [-0.4, -0.2) is 52.8 Å². The molecule has 16 heteroatoms. The Morgan fingerprint density at radius 1 is 1.18 bits per heavy atom. The highest BCUT2D eigenvalue weighted by atomic mass is 127. The van der Waals surface area contributed by atoms with Crippen LogP contribution in [-0.2, 0) is 12.7 Å². The number of rotatable bonds is 7. The molecule has 1 aliphatic carbocycles. The maximum absolute atomic E-state index is 13.6. The van der Waals surface area contributed by atoms with E-state index in [4.69, 9.17) is 0 Å². The van der Waals surface area contributed by atoms with Gasteiger partial charge in [0.05, 0.1) is 21.4 Å². The van der Waals surface area contributed by atoms with Gasteiger partial charge in [0.2, 0.25) is 0 Å². The molecule has 1 aliphatic rings. The third-order valence-corrected chi connectivity index (χ3v) is 6.88. The summed E-state index contributed by atoms with van der Waals surface area (Å²) in [6, 6.07) is 8.40. The summed E-state index contributed by atoms with van der Waals surface area (Å²) in [5.41, 5.74) is 1.52. The molecule has 0 unspecified atom stereocenters. The summed E-state index contributed by atoms with van der Waals surface area (Å²) in [4.78, 5) is 31.6. The van der Waals surface area contributed by atoms with Crippen molar-refractivity contribution in [1.82, 2.24) is 40.3 Å². The zero-order valence-electron chi connectivity index (χ0n) is 20.0. The topological polar surface area (TPSA) is 133 Å². The number of hydrogen-bond donors (Lipinski definition) is 2. The van der Waals surface area contributed by atoms with Crippen molar-refractivity contribution in [3.63, 3.8) is 0 Å². The van der Waals surface area contributed by atoms with E-state index >= 15 is 0 Å². The second kappa shape index (κ2) is 10.6. The number of halogens is 5. The van der Waals surface area contributed by atoms with Crippen molar-refractivity contribution in [2.75, 3.05) is 5.32 Å². The summed E-state index contributed by atoms with van der Waals surface area (Å²) in [6.07, 6.45) is -1.44. The number of nitrogens with zero attached hydrogens (tertiary/aromatic N) is 7. The first kappa shape index (κ1) is 27.2. The van der Waals surface area contributed by atoms with E-state index in [1.807, 2.05) is 6.07 Å². The average Bonchev–Trinajstić information content (AvgIpc) is 3.37. The van der Waals surface area contributed by atoms with Gasteiger partial charge in [0.15, 0.2) is 5.82 Å². The molecule has 0 saturated heterocycles. The zero-order chi connectivity index (χ0) is 27.9. The number of carbonyl (C=O) groups is 2. The van der Waals surface area contributed by atoms with Gasteiger partial charge in [0, 0.05) is 15.8 Å². The number of tetrazole rings is 1. The van der Waals surface area contributed by atoms with E-state index in [2.05, 4.69) is 74.6 Å². The van der Waals surface area contributed by atoms with Crippen LogP contribution in [0.4, 0.5) is 18.9 Å². The van der Waals surface area contributed by atoms with Gasteiger partial charge in [-0.1, -0.05) is 0 Å². The van der Waals surface area contributed by atoms with Gasteiger partial charge in [-0.2, -0.15) is 23.1 Å². The van der Waals surface area contributed by atoms with Gasteiger partial charge in [-0.15, -0.1) is 10.2 Å². The van der Waals surface area contributed by atoms with E-state index < -0.39 is 17.9 Å². The lowest BCUT2D eigenvalue weighted by Crippen LogP contribution is -2.28. The van der Waals surface area contributed by atoms with Crippen molar-refractivity contribution >= 4 is 56.0 Å². The van der Waals surface area contributed by atoms with Crippen molar-refractivity contribution in [3.8, 4) is 5.82 Å². The minimum atomic E-state index is -4.75. The Balaban J connectivity index is 1.51. The second-order valence-corrected chi connectivity index (χ2v) is 10.8. The molecular weight excluding hydrogens is 698 g/mol. The number of amides is 2. The molecule has 11 nitrogen and oxygen atoms in total. The third kappa shape index (κ3) is 6.10. The van der Waals surface area contributed by atoms with Gasteiger partial charge in [-0.05, 0) is 99.4 Å². The summed E-state index contributed by atoms with van der Waals surface area (Å²) in [7, 11) is 0. The van der Waals surface area contributed by atoms with Crippen LogP contribution in [0.25, 0.3) is 5.82 Å².